The molecule has 1 aromatic carbocycles. The van der Waals surface area contributed by atoms with E-state index in [4.69, 9.17) is 0 Å². The van der Waals surface area contributed by atoms with Crippen molar-refractivity contribution in [2.45, 2.75) is 12.5 Å². The second-order valence-electron chi connectivity index (χ2n) is 3.69. The lowest BCUT2D eigenvalue weighted by molar-refractivity contribution is -0.148. The fourth-order valence-corrected chi connectivity index (χ4v) is 1.46. The van der Waals surface area contributed by atoms with Gasteiger partial charge in [0, 0.05) is 0 Å². The zero-order chi connectivity index (χ0) is 14.3. The average Bonchev–Trinajstić information content (AvgIpc) is 2.44. The maximum atomic E-state index is 11.7. The first-order chi connectivity index (χ1) is 9.08. The number of rotatable bonds is 5. The van der Waals surface area contributed by atoms with E-state index in [1.807, 2.05) is 0 Å². The SMILES string of the molecule is COC(=O)CC(=O)NC(C(=O)OC)c1ccccc1. The van der Waals surface area contributed by atoms with Crippen molar-refractivity contribution >= 4 is 17.8 Å². The van der Waals surface area contributed by atoms with Gasteiger partial charge in [0.2, 0.25) is 5.91 Å². The van der Waals surface area contributed by atoms with Crippen molar-refractivity contribution in [1.82, 2.24) is 5.32 Å². The highest BCUT2D eigenvalue weighted by atomic mass is 16.5. The van der Waals surface area contributed by atoms with E-state index in [1.54, 1.807) is 30.3 Å². The van der Waals surface area contributed by atoms with E-state index >= 15 is 0 Å². The van der Waals surface area contributed by atoms with Crippen LogP contribution in [0.1, 0.15) is 18.0 Å². The third kappa shape index (κ3) is 4.42. The van der Waals surface area contributed by atoms with Crippen molar-refractivity contribution in [3.05, 3.63) is 35.9 Å². The lowest BCUT2D eigenvalue weighted by atomic mass is 10.1. The van der Waals surface area contributed by atoms with Crippen LogP contribution in [0.25, 0.3) is 0 Å². The number of methoxy groups -OCH3 is 2. The monoisotopic (exact) mass is 265 g/mol. The molecule has 0 fully saturated rings. The number of ether oxygens (including phenoxy) is 2. The Balaban J connectivity index is 2.79. The molecule has 1 unspecified atom stereocenters. The van der Waals surface area contributed by atoms with Gasteiger partial charge < -0.3 is 14.8 Å². The number of hydrogen-bond donors (Lipinski definition) is 1. The normalized spacial score (nSPS) is 11.3. The van der Waals surface area contributed by atoms with Crippen LogP contribution in [0.3, 0.4) is 0 Å². The van der Waals surface area contributed by atoms with Gasteiger partial charge in [0.05, 0.1) is 14.2 Å². The van der Waals surface area contributed by atoms with Crippen LogP contribution < -0.4 is 5.32 Å². The Bertz CT molecular complexity index is 457. The first kappa shape index (κ1) is 14.7. The van der Waals surface area contributed by atoms with Gasteiger partial charge in [-0.2, -0.15) is 0 Å². The summed E-state index contributed by atoms with van der Waals surface area (Å²) in [7, 11) is 2.41. The zero-order valence-electron chi connectivity index (χ0n) is 10.7. The van der Waals surface area contributed by atoms with Gasteiger partial charge in [-0.1, -0.05) is 30.3 Å². The van der Waals surface area contributed by atoms with E-state index in [0.29, 0.717) is 5.56 Å². The number of nitrogens with one attached hydrogen (secondary N) is 1. The first-order valence-corrected chi connectivity index (χ1v) is 5.57. The molecule has 1 amide bonds. The fourth-order valence-electron chi connectivity index (χ4n) is 1.46. The van der Waals surface area contributed by atoms with Crippen LogP contribution in [-0.2, 0) is 23.9 Å². The van der Waals surface area contributed by atoms with Crippen molar-refractivity contribution in [1.29, 1.82) is 0 Å². The summed E-state index contributed by atoms with van der Waals surface area (Å²) in [6.45, 7) is 0. The van der Waals surface area contributed by atoms with Gasteiger partial charge in [0.1, 0.15) is 6.42 Å². The molecule has 19 heavy (non-hydrogen) atoms. The Morgan fingerprint density at radius 3 is 2.26 bits per heavy atom. The molecule has 1 atom stereocenters. The van der Waals surface area contributed by atoms with Crippen molar-refractivity contribution < 1.29 is 23.9 Å². The molecule has 1 N–H and O–H groups in total. The Hall–Kier alpha value is -2.37. The molecule has 0 saturated carbocycles. The van der Waals surface area contributed by atoms with Crippen molar-refractivity contribution in [2.75, 3.05) is 14.2 Å². The van der Waals surface area contributed by atoms with Gasteiger partial charge in [-0.15, -0.1) is 0 Å². The van der Waals surface area contributed by atoms with Crippen LogP contribution in [0.5, 0.6) is 0 Å². The van der Waals surface area contributed by atoms with Crippen LogP contribution in [0.4, 0.5) is 0 Å². The second-order valence-corrected chi connectivity index (χ2v) is 3.69. The minimum absolute atomic E-state index is 0.448. The summed E-state index contributed by atoms with van der Waals surface area (Å²) in [6, 6.07) is 7.67. The minimum atomic E-state index is -0.941. The highest BCUT2D eigenvalue weighted by Crippen LogP contribution is 2.14. The molecule has 6 heteroatoms. The quantitative estimate of drug-likeness (QED) is 0.622. The second kappa shape index (κ2) is 7.15. The molecule has 0 aliphatic rings. The molecule has 0 aromatic heterocycles. The van der Waals surface area contributed by atoms with E-state index in [1.165, 1.54) is 14.2 Å². The first-order valence-electron chi connectivity index (χ1n) is 5.57. The maximum absolute atomic E-state index is 11.7. The molecule has 6 nitrogen and oxygen atoms in total. The summed E-state index contributed by atoms with van der Waals surface area (Å²) in [5, 5.41) is 2.43. The van der Waals surface area contributed by atoms with Crippen LogP contribution in [-0.4, -0.2) is 32.1 Å². The highest BCUT2D eigenvalue weighted by molar-refractivity contribution is 5.96. The Morgan fingerprint density at radius 1 is 1.11 bits per heavy atom. The Morgan fingerprint density at radius 2 is 1.74 bits per heavy atom. The molecule has 0 aliphatic heterocycles. The molecule has 0 radical (unpaired) electrons. The molecule has 1 aromatic rings. The lowest BCUT2D eigenvalue weighted by Gasteiger charge is -2.16. The minimum Gasteiger partial charge on any atom is -0.469 e. The number of hydrogen-bond acceptors (Lipinski definition) is 5. The number of carbonyl (C=O) groups is 3. The van der Waals surface area contributed by atoms with Crippen molar-refractivity contribution in [2.24, 2.45) is 0 Å². The molecule has 0 spiro atoms. The summed E-state index contributed by atoms with van der Waals surface area (Å²) in [5.41, 5.74) is 0.576. The van der Waals surface area contributed by atoms with Crippen LogP contribution in [0.15, 0.2) is 30.3 Å². The van der Waals surface area contributed by atoms with E-state index in [0.717, 1.165) is 0 Å². The Labute approximate surface area is 110 Å². The van der Waals surface area contributed by atoms with Gasteiger partial charge in [0.15, 0.2) is 6.04 Å². The van der Waals surface area contributed by atoms with Crippen LogP contribution in [0, 0.1) is 0 Å². The molecular formula is C13H15NO5. The Kier molecular flexibility index (Phi) is 5.53. The molecule has 102 valence electrons. The standard InChI is InChI=1S/C13H15NO5/c1-18-11(16)8-10(15)14-12(13(17)19-2)9-6-4-3-5-7-9/h3-7,12H,8H2,1-2H3,(H,14,15). The summed E-state index contributed by atoms with van der Waals surface area (Å²) >= 11 is 0. The predicted molar refractivity (Wildman–Crippen MR) is 66.0 cm³/mol. The molecule has 1 rings (SSSR count). The highest BCUT2D eigenvalue weighted by Gasteiger charge is 2.24. The third-order valence-corrected chi connectivity index (χ3v) is 2.41. The molecule has 0 bridgehead atoms. The summed E-state index contributed by atoms with van der Waals surface area (Å²) in [5.74, 6) is -1.88. The van der Waals surface area contributed by atoms with E-state index in [2.05, 4.69) is 14.8 Å². The number of benzene rings is 1. The van der Waals surface area contributed by atoms with Gasteiger partial charge in [-0.25, -0.2) is 4.79 Å². The van der Waals surface area contributed by atoms with Gasteiger partial charge >= 0.3 is 11.9 Å². The van der Waals surface area contributed by atoms with Crippen LogP contribution in [0.2, 0.25) is 0 Å². The molecule has 0 heterocycles. The molecular weight excluding hydrogens is 250 g/mol. The van der Waals surface area contributed by atoms with E-state index in [-0.39, 0.29) is 0 Å². The van der Waals surface area contributed by atoms with E-state index in [9.17, 15) is 14.4 Å². The smallest absolute Gasteiger partial charge is 0.333 e. The zero-order valence-corrected chi connectivity index (χ0v) is 10.7. The summed E-state index contributed by atoms with van der Waals surface area (Å²) < 4.78 is 9.01. The maximum Gasteiger partial charge on any atom is 0.333 e. The van der Waals surface area contributed by atoms with Gasteiger partial charge in [-0.3, -0.25) is 9.59 Å². The van der Waals surface area contributed by atoms with E-state index < -0.39 is 30.3 Å². The lowest BCUT2D eigenvalue weighted by Crippen LogP contribution is -2.35. The third-order valence-electron chi connectivity index (χ3n) is 2.41. The van der Waals surface area contributed by atoms with Gasteiger partial charge in [-0.05, 0) is 5.56 Å². The van der Waals surface area contributed by atoms with Gasteiger partial charge in [0.25, 0.3) is 0 Å². The molecule has 0 saturated heterocycles. The number of amides is 1. The van der Waals surface area contributed by atoms with Crippen molar-refractivity contribution in [3.63, 3.8) is 0 Å². The average molecular weight is 265 g/mol. The largest absolute Gasteiger partial charge is 0.469 e. The molecule has 0 aliphatic carbocycles. The van der Waals surface area contributed by atoms with Crippen molar-refractivity contribution in [3.8, 4) is 0 Å². The number of esters is 2. The predicted octanol–water partition coefficient (Wildman–Crippen LogP) is 0.580. The summed E-state index contributed by atoms with van der Waals surface area (Å²) in [4.78, 5) is 34.2. The van der Waals surface area contributed by atoms with Crippen LogP contribution >= 0.6 is 0 Å². The fraction of sp³-hybridized carbons (Fsp3) is 0.308. The summed E-state index contributed by atoms with van der Waals surface area (Å²) in [6.07, 6.45) is -0.448. The number of carbonyl (C=O) groups excluding carboxylic acids is 3. The topological polar surface area (TPSA) is 81.7 Å².